The van der Waals surface area contributed by atoms with Crippen LogP contribution in [0.4, 0.5) is 0 Å². The van der Waals surface area contributed by atoms with Crippen LogP contribution in [0.5, 0.6) is 5.75 Å². The summed E-state index contributed by atoms with van der Waals surface area (Å²) in [5, 5.41) is 2.84. The molecule has 0 atom stereocenters. The maximum Gasteiger partial charge on any atom is 0.224 e. The number of carbonyl (C=O) groups excluding carboxylic acids is 1. The number of nitrogens with one attached hydrogen (secondary N) is 1. The van der Waals surface area contributed by atoms with Gasteiger partial charge in [0, 0.05) is 5.56 Å². The molecule has 4 nitrogen and oxygen atoms in total. The minimum absolute atomic E-state index is 0.0512. The summed E-state index contributed by atoms with van der Waals surface area (Å²) in [6.45, 7) is 4.39. The average Bonchev–Trinajstić information content (AvgIpc) is 2.89. The molecule has 20 heavy (non-hydrogen) atoms. The Morgan fingerprint density at radius 2 is 2.15 bits per heavy atom. The molecule has 2 rings (SSSR count). The van der Waals surface area contributed by atoms with Gasteiger partial charge in [0.05, 0.1) is 26.3 Å². The highest BCUT2D eigenvalue weighted by atomic mass is 16.5. The third kappa shape index (κ3) is 3.41. The van der Waals surface area contributed by atoms with E-state index in [-0.39, 0.29) is 5.91 Å². The zero-order valence-corrected chi connectivity index (χ0v) is 12.0. The van der Waals surface area contributed by atoms with Crippen molar-refractivity contribution in [3.63, 3.8) is 0 Å². The lowest BCUT2D eigenvalue weighted by atomic mass is 10.0. The molecule has 2 aromatic rings. The molecule has 0 aliphatic heterocycles. The molecule has 1 heterocycles. The summed E-state index contributed by atoms with van der Waals surface area (Å²) in [6, 6.07) is 7.66. The Hall–Kier alpha value is -2.23. The number of methoxy groups -OCH3 is 1. The van der Waals surface area contributed by atoms with Crippen LogP contribution in [0.25, 0.3) is 0 Å². The highest BCUT2D eigenvalue weighted by Crippen LogP contribution is 2.25. The molecule has 1 aromatic heterocycles. The van der Waals surface area contributed by atoms with Crippen molar-refractivity contribution in [2.45, 2.75) is 26.8 Å². The van der Waals surface area contributed by atoms with Crippen molar-refractivity contribution in [3.8, 4) is 5.75 Å². The van der Waals surface area contributed by atoms with E-state index in [0.717, 1.165) is 28.2 Å². The van der Waals surface area contributed by atoms with Crippen LogP contribution in [0.15, 0.2) is 34.9 Å². The minimum Gasteiger partial charge on any atom is -0.496 e. The zero-order chi connectivity index (χ0) is 14.5. The maximum absolute atomic E-state index is 12.0. The van der Waals surface area contributed by atoms with E-state index in [4.69, 9.17) is 9.15 Å². The van der Waals surface area contributed by atoms with Gasteiger partial charge in [0.1, 0.15) is 11.5 Å². The minimum atomic E-state index is -0.0512. The monoisotopic (exact) mass is 273 g/mol. The van der Waals surface area contributed by atoms with Gasteiger partial charge in [-0.3, -0.25) is 4.79 Å². The maximum atomic E-state index is 12.0. The highest BCUT2D eigenvalue weighted by molar-refractivity contribution is 5.79. The molecule has 0 fully saturated rings. The highest BCUT2D eigenvalue weighted by Gasteiger charge is 2.12. The predicted molar refractivity (Wildman–Crippen MR) is 76.7 cm³/mol. The molecule has 1 amide bonds. The first-order chi connectivity index (χ1) is 9.60. The Balaban J connectivity index is 2.03. The summed E-state index contributed by atoms with van der Waals surface area (Å²) in [5.41, 5.74) is 3.07. The number of benzene rings is 1. The second kappa shape index (κ2) is 6.28. The smallest absolute Gasteiger partial charge is 0.224 e. The summed E-state index contributed by atoms with van der Waals surface area (Å²) in [6.07, 6.45) is 1.89. The van der Waals surface area contributed by atoms with Crippen LogP contribution in [0.1, 0.15) is 22.5 Å². The summed E-state index contributed by atoms with van der Waals surface area (Å²) < 4.78 is 10.6. The fourth-order valence-corrected chi connectivity index (χ4v) is 2.30. The van der Waals surface area contributed by atoms with Crippen molar-refractivity contribution in [2.75, 3.05) is 7.11 Å². The van der Waals surface area contributed by atoms with Gasteiger partial charge >= 0.3 is 0 Å². The molecular formula is C16H19NO3. The quantitative estimate of drug-likeness (QED) is 0.911. The topological polar surface area (TPSA) is 51.5 Å². The molecule has 0 spiro atoms. The average molecular weight is 273 g/mol. The summed E-state index contributed by atoms with van der Waals surface area (Å²) in [5.74, 6) is 1.47. The first-order valence-corrected chi connectivity index (χ1v) is 6.53. The number of amides is 1. The fourth-order valence-electron chi connectivity index (χ4n) is 2.30. The molecule has 106 valence electrons. The number of rotatable bonds is 5. The number of furan rings is 1. The van der Waals surface area contributed by atoms with Gasteiger partial charge < -0.3 is 14.5 Å². The predicted octanol–water partition coefficient (Wildman–Crippen LogP) is 2.76. The zero-order valence-electron chi connectivity index (χ0n) is 12.0. The number of ether oxygens (including phenoxy) is 1. The second-order valence-electron chi connectivity index (χ2n) is 4.81. The molecule has 1 aromatic carbocycles. The van der Waals surface area contributed by atoms with Crippen LogP contribution in [0.3, 0.4) is 0 Å². The first-order valence-electron chi connectivity index (χ1n) is 6.53. The standard InChI is InChI=1S/C16H19NO3/c1-11-7-12(2)16(19-3)13(8-11)9-15(18)17-10-14-5-4-6-20-14/h4-8H,9-10H2,1-3H3,(H,17,18). The van der Waals surface area contributed by atoms with E-state index in [1.807, 2.05) is 32.0 Å². The lowest BCUT2D eigenvalue weighted by Crippen LogP contribution is -2.24. The molecule has 0 saturated heterocycles. The summed E-state index contributed by atoms with van der Waals surface area (Å²) in [7, 11) is 1.63. The van der Waals surface area contributed by atoms with Crippen LogP contribution >= 0.6 is 0 Å². The number of hydrogen-bond acceptors (Lipinski definition) is 3. The third-order valence-electron chi connectivity index (χ3n) is 3.09. The Kier molecular flexibility index (Phi) is 4.45. The Labute approximate surface area is 118 Å². The van der Waals surface area contributed by atoms with Crippen LogP contribution in [-0.2, 0) is 17.8 Å². The summed E-state index contributed by atoms with van der Waals surface area (Å²) >= 11 is 0. The number of hydrogen-bond donors (Lipinski definition) is 1. The Bertz CT molecular complexity index is 588. The third-order valence-corrected chi connectivity index (χ3v) is 3.09. The Morgan fingerprint density at radius 1 is 1.35 bits per heavy atom. The van der Waals surface area contributed by atoms with Gasteiger partial charge in [0.15, 0.2) is 0 Å². The van der Waals surface area contributed by atoms with Crippen molar-refractivity contribution in [1.29, 1.82) is 0 Å². The van der Waals surface area contributed by atoms with E-state index < -0.39 is 0 Å². The van der Waals surface area contributed by atoms with Crippen molar-refractivity contribution >= 4 is 5.91 Å². The van der Waals surface area contributed by atoms with Gasteiger partial charge in [-0.1, -0.05) is 17.7 Å². The van der Waals surface area contributed by atoms with E-state index in [0.29, 0.717) is 13.0 Å². The van der Waals surface area contributed by atoms with Gasteiger partial charge in [-0.15, -0.1) is 0 Å². The van der Waals surface area contributed by atoms with Crippen LogP contribution in [0, 0.1) is 13.8 Å². The molecule has 0 saturated carbocycles. The van der Waals surface area contributed by atoms with Crippen LogP contribution in [0.2, 0.25) is 0 Å². The van der Waals surface area contributed by atoms with Gasteiger partial charge in [-0.05, 0) is 31.5 Å². The van der Waals surface area contributed by atoms with E-state index in [1.165, 1.54) is 0 Å². The van der Waals surface area contributed by atoms with Gasteiger partial charge in [-0.25, -0.2) is 0 Å². The second-order valence-corrected chi connectivity index (χ2v) is 4.81. The van der Waals surface area contributed by atoms with E-state index >= 15 is 0 Å². The van der Waals surface area contributed by atoms with Crippen molar-refractivity contribution in [1.82, 2.24) is 5.32 Å². The molecule has 0 unspecified atom stereocenters. The van der Waals surface area contributed by atoms with Crippen LogP contribution < -0.4 is 10.1 Å². The van der Waals surface area contributed by atoms with Gasteiger partial charge in [-0.2, -0.15) is 0 Å². The van der Waals surface area contributed by atoms with E-state index in [2.05, 4.69) is 5.32 Å². The normalized spacial score (nSPS) is 10.3. The largest absolute Gasteiger partial charge is 0.496 e. The number of aryl methyl sites for hydroxylation is 2. The molecule has 0 radical (unpaired) electrons. The molecule has 1 N–H and O–H groups in total. The van der Waals surface area contributed by atoms with E-state index in [9.17, 15) is 4.79 Å². The first kappa shape index (κ1) is 14.2. The fraction of sp³-hybridized carbons (Fsp3) is 0.312. The summed E-state index contributed by atoms with van der Waals surface area (Å²) in [4.78, 5) is 12.0. The Morgan fingerprint density at radius 3 is 2.80 bits per heavy atom. The number of carbonyl (C=O) groups is 1. The lowest BCUT2D eigenvalue weighted by Gasteiger charge is -2.12. The van der Waals surface area contributed by atoms with E-state index in [1.54, 1.807) is 19.4 Å². The van der Waals surface area contributed by atoms with Crippen molar-refractivity contribution in [3.05, 3.63) is 53.0 Å². The molecular weight excluding hydrogens is 254 g/mol. The van der Waals surface area contributed by atoms with Gasteiger partial charge in [0.2, 0.25) is 5.91 Å². The molecule has 4 heteroatoms. The van der Waals surface area contributed by atoms with Crippen LogP contribution in [-0.4, -0.2) is 13.0 Å². The molecule has 0 aliphatic carbocycles. The molecule has 0 bridgehead atoms. The lowest BCUT2D eigenvalue weighted by molar-refractivity contribution is -0.120. The van der Waals surface area contributed by atoms with Crippen molar-refractivity contribution < 1.29 is 13.9 Å². The SMILES string of the molecule is COc1c(C)cc(C)cc1CC(=O)NCc1ccco1. The van der Waals surface area contributed by atoms with Crippen molar-refractivity contribution in [2.24, 2.45) is 0 Å². The molecule has 0 aliphatic rings. The van der Waals surface area contributed by atoms with Gasteiger partial charge in [0.25, 0.3) is 0 Å².